The molecule has 4 rings (SSSR count). The highest BCUT2D eigenvalue weighted by Crippen LogP contribution is 2.29. The minimum atomic E-state index is 0.570. The van der Waals surface area contributed by atoms with E-state index in [9.17, 15) is 0 Å². The Labute approximate surface area is 104 Å². The first-order chi connectivity index (χ1) is 8.92. The molecule has 94 valence electrons. The Hall–Kier alpha value is -1.76. The summed E-state index contributed by atoms with van der Waals surface area (Å²) in [7, 11) is 0. The molecule has 7 heteroatoms. The number of anilines is 1. The molecule has 2 atom stereocenters. The smallest absolute Gasteiger partial charge is 0.200 e. The lowest BCUT2D eigenvalue weighted by Crippen LogP contribution is -2.45. The van der Waals surface area contributed by atoms with Gasteiger partial charge in [0, 0.05) is 25.7 Å². The number of hydrogen-bond donors (Lipinski definition) is 1. The second kappa shape index (κ2) is 3.88. The van der Waals surface area contributed by atoms with E-state index in [0.717, 1.165) is 31.4 Å². The van der Waals surface area contributed by atoms with Gasteiger partial charge in [-0.05, 0) is 41.3 Å². The molecule has 2 aliphatic rings. The van der Waals surface area contributed by atoms with Crippen LogP contribution in [0.2, 0.25) is 0 Å². The Bertz CT molecular complexity index is 565. The van der Waals surface area contributed by atoms with Crippen LogP contribution in [-0.2, 0) is 0 Å². The van der Waals surface area contributed by atoms with E-state index in [2.05, 4.69) is 30.8 Å². The third-order valence-electron chi connectivity index (χ3n) is 4.03. The van der Waals surface area contributed by atoms with Gasteiger partial charge in [0.15, 0.2) is 11.5 Å². The fraction of sp³-hybridized carbons (Fsp3) is 0.636. The van der Waals surface area contributed by atoms with Crippen LogP contribution >= 0.6 is 0 Å². The van der Waals surface area contributed by atoms with Gasteiger partial charge in [-0.15, -0.1) is 14.8 Å². The second-order valence-corrected chi connectivity index (χ2v) is 5.04. The average molecular weight is 245 g/mol. The van der Waals surface area contributed by atoms with Crippen molar-refractivity contribution in [1.82, 2.24) is 30.6 Å². The Kier molecular flexibility index (Phi) is 2.19. The molecule has 2 aromatic rings. The summed E-state index contributed by atoms with van der Waals surface area (Å²) < 4.78 is 1.50. The normalized spacial score (nSPS) is 27.7. The Morgan fingerprint density at radius 2 is 2.28 bits per heavy atom. The predicted octanol–water partition coefficient (Wildman–Crippen LogP) is -0.292. The molecule has 2 aromatic heterocycles. The van der Waals surface area contributed by atoms with Gasteiger partial charge >= 0.3 is 0 Å². The molecule has 0 bridgehead atoms. The largest absolute Gasteiger partial charge is 0.351 e. The van der Waals surface area contributed by atoms with Crippen molar-refractivity contribution >= 4 is 11.5 Å². The van der Waals surface area contributed by atoms with Gasteiger partial charge in [-0.2, -0.15) is 0 Å². The molecule has 7 nitrogen and oxygen atoms in total. The van der Waals surface area contributed by atoms with Crippen LogP contribution < -0.4 is 10.2 Å². The monoisotopic (exact) mass is 245 g/mol. The number of nitrogens with one attached hydrogen (secondary N) is 1. The van der Waals surface area contributed by atoms with E-state index in [1.807, 2.05) is 12.1 Å². The van der Waals surface area contributed by atoms with Crippen molar-refractivity contribution in [2.75, 3.05) is 24.5 Å². The lowest BCUT2D eigenvalue weighted by atomic mass is 9.92. The number of rotatable bonds is 1. The Balaban J connectivity index is 1.72. The van der Waals surface area contributed by atoms with Crippen molar-refractivity contribution in [3.05, 3.63) is 12.1 Å². The summed E-state index contributed by atoms with van der Waals surface area (Å²) in [6.07, 6.45) is 2.56. The third-order valence-corrected chi connectivity index (χ3v) is 4.03. The summed E-state index contributed by atoms with van der Waals surface area (Å²) in [6.45, 7) is 3.26. The van der Waals surface area contributed by atoms with Crippen molar-refractivity contribution in [3.63, 3.8) is 0 Å². The average Bonchev–Trinajstić information content (AvgIpc) is 3.05. The minimum Gasteiger partial charge on any atom is -0.351 e. The van der Waals surface area contributed by atoms with Crippen molar-refractivity contribution < 1.29 is 0 Å². The molecular weight excluding hydrogens is 230 g/mol. The van der Waals surface area contributed by atoms with Crippen LogP contribution in [0.4, 0.5) is 5.82 Å². The summed E-state index contributed by atoms with van der Waals surface area (Å²) >= 11 is 0. The fourth-order valence-corrected chi connectivity index (χ4v) is 3.15. The fourth-order valence-electron chi connectivity index (χ4n) is 3.15. The number of nitrogens with zero attached hydrogens (tertiary/aromatic N) is 6. The van der Waals surface area contributed by atoms with Crippen LogP contribution in [0.1, 0.15) is 12.8 Å². The SMILES string of the molecule is c1cc2nnnn2nc1N1CCCC2CNCC21. The van der Waals surface area contributed by atoms with Gasteiger partial charge in [0.25, 0.3) is 0 Å². The summed E-state index contributed by atoms with van der Waals surface area (Å²) in [5.41, 5.74) is 0.692. The summed E-state index contributed by atoms with van der Waals surface area (Å²) in [4.78, 5) is 2.40. The first-order valence-electron chi connectivity index (χ1n) is 6.44. The summed E-state index contributed by atoms with van der Waals surface area (Å²) in [5.74, 6) is 1.73. The van der Waals surface area contributed by atoms with Gasteiger partial charge in [-0.25, -0.2) is 0 Å². The molecule has 0 amide bonds. The molecule has 2 unspecified atom stereocenters. The van der Waals surface area contributed by atoms with Gasteiger partial charge in [0.05, 0.1) is 0 Å². The predicted molar refractivity (Wildman–Crippen MR) is 65.3 cm³/mol. The zero-order chi connectivity index (χ0) is 11.9. The molecule has 0 aromatic carbocycles. The summed E-state index contributed by atoms with van der Waals surface area (Å²) in [5, 5.41) is 19.3. The van der Waals surface area contributed by atoms with E-state index < -0.39 is 0 Å². The van der Waals surface area contributed by atoms with Gasteiger partial charge in [0.2, 0.25) is 0 Å². The van der Waals surface area contributed by atoms with Gasteiger partial charge < -0.3 is 10.2 Å². The molecule has 0 spiro atoms. The van der Waals surface area contributed by atoms with E-state index in [4.69, 9.17) is 0 Å². The van der Waals surface area contributed by atoms with Crippen LogP contribution in [0.25, 0.3) is 5.65 Å². The van der Waals surface area contributed by atoms with E-state index >= 15 is 0 Å². The first kappa shape index (κ1) is 10.2. The standard InChI is InChI=1S/C11H15N7/c1-2-8-6-12-7-9(8)17(5-1)11-4-3-10-13-15-16-18(10)14-11/h3-4,8-9,12H,1-2,5-7H2. The molecule has 2 fully saturated rings. The quantitative estimate of drug-likeness (QED) is 0.744. The summed E-state index contributed by atoms with van der Waals surface area (Å²) in [6, 6.07) is 4.51. The molecule has 1 N–H and O–H groups in total. The number of fused-ring (bicyclic) bond motifs is 2. The van der Waals surface area contributed by atoms with Crippen LogP contribution in [0.5, 0.6) is 0 Å². The van der Waals surface area contributed by atoms with E-state index in [1.54, 1.807) is 0 Å². The van der Waals surface area contributed by atoms with Crippen LogP contribution in [0, 0.1) is 5.92 Å². The van der Waals surface area contributed by atoms with Crippen molar-refractivity contribution in [1.29, 1.82) is 0 Å². The number of aromatic nitrogens is 5. The highest BCUT2D eigenvalue weighted by atomic mass is 15.6. The van der Waals surface area contributed by atoms with E-state index in [0.29, 0.717) is 11.7 Å². The molecule has 0 radical (unpaired) electrons. The third kappa shape index (κ3) is 1.47. The first-order valence-corrected chi connectivity index (χ1v) is 6.44. The van der Waals surface area contributed by atoms with Crippen molar-refractivity contribution in [2.24, 2.45) is 5.92 Å². The molecule has 2 saturated heterocycles. The topological polar surface area (TPSA) is 71.2 Å². The maximum absolute atomic E-state index is 4.50. The number of tetrazole rings is 1. The van der Waals surface area contributed by atoms with Crippen LogP contribution in [-0.4, -0.2) is 50.9 Å². The van der Waals surface area contributed by atoms with Gasteiger partial charge in [-0.1, -0.05) is 0 Å². The number of piperidine rings is 1. The maximum Gasteiger partial charge on any atom is 0.200 e. The van der Waals surface area contributed by atoms with Gasteiger partial charge in [0.1, 0.15) is 0 Å². The maximum atomic E-state index is 4.50. The molecule has 4 heterocycles. The van der Waals surface area contributed by atoms with Crippen molar-refractivity contribution in [3.8, 4) is 0 Å². The number of hydrogen-bond acceptors (Lipinski definition) is 6. The Morgan fingerprint density at radius 3 is 3.28 bits per heavy atom. The molecule has 0 aliphatic carbocycles. The zero-order valence-corrected chi connectivity index (χ0v) is 10.0. The van der Waals surface area contributed by atoms with Crippen LogP contribution in [0.15, 0.2) is 12.1 Å². The zero-order valence-electron chi connectivity index (χ0n) is 10.0. The molecule has 18 heavy (non-hydrogen) atoms. The molecule has 2 aliphatic heterocycles. The highest BCUT2D eigenvalue weighted by Gasteiger charge is 2.35. The molecular formula is C11H15N7. The lowest BCUT2D eigenvalue weighted by Gasteiger charge is -2.37. The van der Waals surface area contributed by atoms with Gasteiger partial charge in [-0.3, -0.25) is 0 Å². The van der Waals surface area contributed by atoms with Crippen LogP contribution in [0.3, 0.4) is 0 Å². The minimum absolute atomic E-state index is 0.570. The Morgan fingerprint density at radius 1 is 1.28 bits per heavy atom. The van der Waals surface area contributed by atoms with Crippen molar-refractivity contribution in [2.45, 2.75) is 18.9 Å². The van der Waals surface area contributed by atoms with E-state index in [1.165, 1.54) is 17.5 Å². The molecule has 0 saturated carbocycles. The second-order valence-electron chi connectivity index (χ2n) is 5.04. The highest BCUT2D eigenvalue weighted by molar-refractivity contribution is 5.46. The lowest BCUT2D eigenvalue weighted by molar-refractivity contribution is 0.382. The van der Waals surface area contributed by atoms with E-state index in [-0.39, 0.29) is 0 Å².